The van der Waals surface area contributed by atoms with Crippen molar-refractivity contribution >= 4 is 0 Å². The molecule has 4 heavy (non-hydrogen) atoms. The second-order valence-electron chi connectivity index (χ2n) is 0. The van der Waals surface area contributed by atoms with E-state index in [1.807, 2.05) is 0 Å². The first-order chi connectivity index (χ1) is 0. The van der Waals surface area contributed by atoms with Crippen molar-refractivity contribution in [3.05, 3.63) is 0 Å². The molecule has 4 N–H and O–H groups in total. The van der Waals surface area contributed by atoms with E-state index >= 15 is 0 Å². The second-order valence-corrected chi connectivity index (χ2v) is 0. The zero-order valence-electron chi connectivity index (χ0n) is 1.96. The van der Waals surface area contributed by atoms with Gasteiger partial charge in [-0.25, -0.2) is 0 Å². The summed E-state index contributed by atoms with van der Waals surface area (Å²) in [6.07, 6.45) is 0. The zero-order valence-corrected chi connectivity index (χ0v) is 4.94. The molecule has 0 fully saturated rings. The molecule has 0 saturated heterocycles. The molecule has 26 valence electrons. The molecule has 0 rings (SSSR count). The summed E-state index contributed by atoms with van der Waals surface area (Å²) in [6, 6.07) is 0. The third-order valence-electron chi connectivity index (χ3n) is 0. The van der Waals surface area contributed by atoms with E-state index in [2.05, 4.69) is 0 Å². The molecule has 0 atom stereocenters. The van der Waals surface area contributed by atoms with Gasteiger partial charge < -0.3 is 11.0 Å². The fourth-order valence-corrected chi connectivity index (χ4v) is 0. The summed E-state index contributed by atoms with van der Waals surface area (Å²) in [6.45, 7) is 0. The van der Waals surface area contributed by atoms with E-state index < -0.39 is 0 Å². The molecule has 0 unspecified atom stereocenters. The Balaban J connectivity index is 0. The van der Waals surface area contributed by atoms with Gasteiger partial charge in [0.25, 0.3) is 0 Å². The van der Waals surface area contributed by atoms with E-state index in [0.29, 0.717) is 0 Å². The van der Waals surface area contributed by atoms with Crippen molar-refractivity contribution in [1.82, 2.24) is 0 Å². The van der Waals surface area contributed by atoms with Crippen LogP contribution in [0.3, 0.4) is 0 Å². The molecular formula is H4MnO2Sc. The van der Waals surface area contributed by atoms with Gasteiger partial charge in [0.2, 0.25) is 0 Å². The fourth-order valence-electron chi connectivity index (χ4n) is 0. The maximum absolute atomic E-state index is 0. The maximum atomic E-state index is 0. The molecule has 4 heteroatoms. The van der Waals surface area contributed by atoms with Crippen molar-refractivity contribution in [2.24, 2.45) is 0 Å². The van der Waals surface area contributed by atoms with E-state index in [9.17, 15) is 0 Å². The van der Waals surface area contributed by atoms with Gasteiger partial charge in [0.1, 0.15) is 0 Å². The molecule has 2 nitrogen and oxygen atoms in total. The molecule has 0 aromatic carbocycles. The Labute approximate surface area is 53.8 Å². The average molecular weight is 136 g/mol. The van der Waals surface area contributed by atoms with E-state index in [0.717, 1.165) is 0 Å². The summed E-state index contributed by atoms with van der Waals surface area (Å²) < 4.78 is 0. The quantitative estimate of drug-likeness (QED) is 0.358. The van der Waals surface area contributed by atoms with Gasteiger partial charge in [0.15, 0.2) is 0 Å². The molecule has 0 aliphatic rings. The van der Waals surface area contributed by atoms with Crippen LogP contribution in [-0.2, 0) is 42.9 Å². The van der Waals surface area contributed by atoms with Gasteiger partial charge in [0, 0.05) is 42.9 Å². The maximum Gasteiger partial charge on any atom is 0 e. The third-order valence-corrected chi connectivity index (χ3v) is 0. The van der Waals surface area contributed by atoms with Crippen molar-refractivity contribution in [2.45, 2.75) is 0 Å². The van der Waals surface area contributed by atoms with Crippen LogP contribution in [0.1, 0.15) is 0 Å². The van der Waals surface area contributed by atoms with E-state index in [1.165, 1.54) is 0 Å². The van der Waals surface area contributed by atoms with E-state index in [4.69, 9.17) is 0 Å². The van der Waals surface area contributed by atoms with Crippen molar-refractivity contribution in [2.75, 3.05) is 0 Å². The number of hydrogen-bond acceptors (Lipinski definition) is 0. The SMILES string of the molecule is O.O.[Mn].[Sc]. The first-order valence-electron chi connectivity index (χ1n) is 0. The second kappa shape index (κ2) is 27.5. The van der Waals surface area contributed by atoms with Crippen LogP contribution in [-0.4, -0.2) is 11.0 Å². The van der Waals surface area contributed by atoms with E-state index in [1.54, 1.807) is 0 Å². The average Bonchev–Trinajstić information content (AvgIpc) is 0. The van der Waals surface area contributed by atoms with Gasteiger partial charge >= 0.3 is 0 Å². The molecular weight excluding hydrogens is 132 g/mol. The van der Waals surface area contributed by atoms with E-state index in [-0.39, 0.29) is 53.9 Å². The molecule has 0 aliphatic carbocycles. The summed E-state index contributed by atoms with van der Waals surface area (Å²) in [7, 11) is 0. The normalized spacial score (nSPS) is 0. The summed E-state index contributed by atoms with van der Waals surface area (Å²) in [5.74, 6) is 0. The number of rotatable bonds is 0. The molecule has 0 aromatic rings. The minimum atomic E-state index is 0. The molecule has 2 radical (unpaired) electrons. The largest absolute Gasteiger partial charge is 0.412 e. The van der Waals surface area contributed by atoms with Gasteiger partial charge in [-0.2, -0.15) is 0 Å². The Morgan fingerprint density at radius 1 is 0.750 bits per heavy atom. The van der Waals surface area contributed by atoms with Crippen LogP contribution in [0.4, 0.5) is 0 Å². The molecule has 0 spiro atoms. The Bertz CT molecular complexity index is 6.00. The third kappa shape index (κ3) is 10.3. The predicted octanol–water partition coefficient (Wildman–Crippen LogP) is -1.65. The topological polar surface area (TPSA) is 63.0 Å². The van der Waals surface area contributed by atoms with Crippen LogP contribution in [0.2, 0.25) is 0 Å². The summed E-state index contributed by atoms with van der Waals surface area (Å²) >= 11 is 0. The van der Waals surface area contributed by atoms with Crippen molar-refractivity contribution in [3.8, 4) is 0 Å². The van der Waals surface area contributed by atoms with Crippen LogP contribution < -0.4 is 0 Å². The van der Waals surface area contributed by atoms with Crippen LogP contribution in [0.25, 0.3) is 0 Å². The molecule has 0 aliphatic heterocycles. The first kappa shape index (κ1) is 57.5. The predicted molar refractivity (Wildman–Crippen MR) is 7.23 cm³/mol. The molecule has 0 amide bonds. The van der Waals surface area contributed by atoms with Crippen molar-refractivity contribution in [3.63, 3.8) is 0 Å². The van der Waals surface area contributed by atoms with Crippen LogP contribution >= 0.6 is 0 Å². The van der Waals surface area contributed by atoms with Crippen LogP contribution in [0.15, 0.2) is 0 Å². The minimum absolute atomic E-state index is 0. The Morgan fingerprint density at radius 2 is 0.750 bits per heavy atom. The molecule has 0 aromatic heterocycles. The first-order valence-corrected chi connectivity index (χ1v) is 0. The standard InChI is InChI=1S/Mn.2H2O.Sc/h;2*1H2;. The smallest absolute Gasteiger partial charge is 0 e. The van der Waals surface area contributed by atoms with Crippen LogP contribution in [0, 0.1) is 0 Å². The fraction of sp³-hybridized carbons (Fsp3) is 0. The summed E-state index contributed by atoms with van der Waals surface area (Å²) in [5, 5.41) is 0. The van der Waals surface area contributed by atoms with Crippen molar-refractivity contribution in [1.29, 1.82) is 0 Å². The number of hydrogen-bond donors (Lipinski definition) is 0. The molecule has 0 saturated carbocycles. The monoisotopic (exact) mass is 136 g/mol. The van der Waals surface area contributed by atoms with Gasteiger partial charge in [-0.15, -0.1) is 0 Å². The Morgan fingerprint density at radius 3 is 0.750 bits per heavy atom. The van der Waals surface area contributed by atoms with Gasteiger partial charge in [-0.1, -0.05) is 0 Å². The van der Waals surface area contributed by atoms with Crippen molar-refractivity contribution < 1.29 is 53.9 Å². The molecule has 0 heterocycles. The Hall–Kier alpha value is 1.31. The molecule has 0 bridgehead atoms. The van der Waals surface area contributed by atoms with Gasteiger partial charge in [0.05, 0.1) is 0 Å². The summed E-state index contributed by atoms with van der Waals surface area (Å²) in [5.41, 5.74) is 0. The minimum Gasteiger partial charge on any atom is -0.412 e. The summed E-state index contributed by atoms with van der Waals surface area (Å²) in [4.78, 5) is 0. The zero-order chi connectivity index (χ0) is 0. The Kier molecular flexibility index (Phi) is 396. The van der Waals surface area contributed by atoms with Gasteiger partial charge in [-0.3, -0.25) is 0 Å². The van der Waals surface area contributed by atoms with Gasteiger partial charge in [-0.05, 0) is 0 Å². The van der Waals surface area contributed by atoms with Crippen LogP contribution in [0.5, 0.6) is 0 Å².